The zero-order valence-electron chi connectivity index (χ0n) is 12.6. The lowest BCUT2D eigenvalue weighted by Gasteiger charge is -2.22. The van der Waals surface area contributed by atoms with Gasteiger partial charge in [-0.15, -0.1) is 0 Å². The summed E-state index contributed by atoms with van der Waals surface area (Å²) in [6.45, 7) is 0.153. The number of aromatic nitrogens is 2. The highest BCUT2D eigenvalue weighted by atomic mass is 79.9. The molecule has 1 fully saturated rings. The van der Waals surface area contributed by atoms with E-state index in [-0.39, 0.29) is 30.6 Å². The minimum Gasteiger partial charge on any atom is -0.465 e. The third-order valence-electron chi connectivity index (χ3n) is 3.83. The number of rotatable bonds is 4. The number of fused-ring (bicyclic) bond motifs is 1. The van der Waals surface area contributed by atoms with E-state index in [1.54, 1.807) is 18.3 Å². The van der Waals surface area contributed by atoms with Crippen molar-refractivity contribution in [3.8, 4) is 0 Å². The number of nitrogens with zero attached hydrogens (tertiary/aromatic N) is 3. The van der Waals surface area contributed by atoms with Crippen LogP contribution in [0.3, 0.4) is 0 Å². The van der Waals surface area contributed by atoms with Gasteiger partial charge < -0.3 is 15.3 Å². The van der Waals surface area contributed by atoms with E-state index in [2.05, 4.69) is 26.2 Å². The molecule has 1 atom stereocenters. The standard InChI is InChI=1S/C15H15BrN4O4/c16-9-3-4-20-12(5-9)17-11(6-14(20)22)8-19(15(23)24)7-10-1-2-13(21)18-10/h3-6,10H,1-2,7-8H2,(H,18,21)(H,23,24)/t10-/m0/s1. The number of carbonyl (C=O) groups excluding carboxylic acids is 1. The quantitative estimate of drug-likeness (QED) is 0.810. The van der Waals surface area contributed by atoms with Gasteiger partial charge in [0.2, 0.25) is 5.91 Å². The first kappa shape index (κ1) is 16.4. The molecule has 3 heterocycles. The Morgan fingerprint density at radius 1 is 1.46 bits per heavy atom. The second kappa shape index (κ2) is 6.60. The molecule has 8 nitrogen and oxygen atoms in total. The van der Waals surface area contributed by atoms with Gasteiger partial charge in [0.05, 0.1) is 12.2 Å². The van der Waals surface area contributed by atoms with Crippen molar-refractivity contribution in [2.24, 2.45) is 0 Å². The molecule has 1 aliphatic heterocycles. The van der Waals surface area contributed by atoms with Gasteiger partial charge in [0.25, 0.3) is 5.56 Å². The molecule has 2 amide bonds. The molecule has 0 unspecified atom stereocenters. The van der Waals surface area contributed by atoms with E-state index in [1.807, 2.05) is 0 Å². The van der Waals surface area contributed by atoms with E-state index >= 15 is 0 Å². The zero-order valence-corrected chi connectivity index (χ0v) is 14.2. The lowest BCUT2D eigenvalue weighted by Crippen LogP contribution is -2.41. The van der Waals surface area contributed by atoms with Gasteiger partial charge in [0, 0.05) is 35.7 Å². The molecule has 2 N–H and O–H groups in total. The van der Waals surface area contributed by atoms with Crippen molar-refractivity contribution in [3.05, 3.63) is 44.9 Å². The van der Waals surface area contributed by atoms with Crippen LogP contribution in [0.5, 0.6) is 0 Å². The van der Waals surface area contributed by atoms with E-state index in [4.69, 9.17) is 0 Å². The third-order valence-corrected chi connectivity index (χ3v) is 4.32. The summed E-state index contributed by atoms with van der Waals surface area (Å²) in [4.78, 5) is 40.4. The van der Waals surface area contributed by atoms with E-state index < -0.39 is 6.09 Å². The number of pyridine rings is 1. The summed E-state index contributed by atoms with van der Waals surface area (Å²) in [6, 6.07) is 4.53. The number of hydrogen-bond acceptors (Lipinski definition) is 4. The Morgan fingerprint density at radius 3 is 2.92 bits per heavy atom. The van der Waals surface area contributed by atoms with Gasteiger partial charge in [-0.2, -0.15) is 0 Å². The molecule has 2 aromatic rings. The molecule has 0 aromatic carbocycles. The molecule has 1 saturated heterocycles. The first-order valence-corrected chi connectivity index (χ1v) is 8.17. The summed E-state index contributed by atoms with van der Waals surface area (Å²) < 4.78 is 2.16. The van der Waals surface area contributed by atoms with Gasteiger partial charge in [-0.25, -0.2) is 9.78 Å². The van der Waals surface area contributed by atoms with Crippen molar-refractivity contribution in [1.82, 2.24) is 19.6 Å². The average Bonchev–Trinajstić information content (AvgIpc) is 2.91. The van der Waals surface area contributed by atoms with Crippen LogP contribution in [0, 0.1) is 0 Å². The molecule has 0 aliphatic carbocycles. The number of nitrogens with one attached hydrogen (secondary N) is 1. The molecule has 0 spiro atoms. The maximum absolute atomic E-state index is 12.1. The van der Waals surface area contributed by atoms with Gasteiger partial charge >= 0.3 is 6.09 Å². The maximum Gasteiger partial charge on any atom is 0.407 e. The number of amides is 2. The van der Waals surface area contributed by atoms with Crippen molar-refractivity contribution in [2.45, 2.75) is 25.4 Å². The summed E-state index contributed by atoms with van der Waals surface area (Å²) in [6.07, 6.45) is 1.49. The van der Waals surface area contributed by atoms with Gasteiger partial charge in [0.15, 0.2) is 0 Å². The summed E-state index contributed by atoms with van der Waals surface area (Å²) in [5, 5.41) is 12.1. The number of hydrogen-bond donors (Lipinski definition) is 2. The van der Waals surface area contributed by atoms with Crippen LogP contribution in [0.25, 0.3) is 5.65 Å². The molecule has 24 heavy (non-hydrogen) atoms. The Morgan fingerprint density at radius 2 is 2.25 bits per heavy atom. The Kier molecular flexibility index (Phi) is 4.52. The van der Waals surface area contributed by atoms with Crippen LogP contribution in [0.15, 0.2) is 33.7 Å². The van der Waals surface area contributed by atoms with Crippen molar-refractivity contribution in [3.63, 3.8) is 0 Å². The van der Waals surface area contributed by atoms with Crippen LogP contribution in [-0.4, -0.2) is 44.0 Å². The van der Waals surface area contributed by atoms with Crippen LogP contribution >= 0.6 is 15.9 Å². The van der Waals surface area contributed by atoms with E-state index in [0.717, 1.165) is 9.37 Å². The summed E-state index contributed by atoms with van der Waals surface area (Å²) in [5.74, 6) is -0.0720. The van der Waals surface area contributed by atoms with Gasteiger partial charge in [0.1, 0.15) is 5.65 Å². The molecule has 126 valence electrons. The molecule has 0 saturated carbocycles. The molecular formula is C15H15BrN4O4. The number of carboxylic acid groups (broad SMARTS) is 1. The van der Waals surface area contributed by atoms with Gasteiger partial charge in [-0.3, -0.25) is 14.0 Å². The van der Waals surface area contributed by atoms with Crippen molar-refractivity contribution in [1.29, 1.82) is 0 Å². The zero-order chi connectivity index (χ0) is 17.3. The SMILES string of the molecule is O=C1CC[C@@H](CN(Cc2cc(=O)n3ccc(Br)cc3n2)C(=O)O)N1. The van der Waals surface area contributed by atoms with E-state index in [1.165, 1.54) is 10.5 Å². The molecule has 1 aliphatic rings. The number of carbonyl (C=O) groups is 2. The van der Waals surface area contributed by atoms with Gasteiger partial charge in [-0.1, -0.05) is 15.9 Å². The predicted molar refractivity (Wildman–Crippen MR) is 88.8 cm³/mol. The van der Waals surface area contributed by atoms with Gasteiger partial charge in [-0.05, 0) is 18.6 Å². The molecule has 0 bridgehead atoms. The summed E-state index contributed by atoms with van der Waals surface area (Å²) >= 11 is 3.32. The van der Waals surface area contributed by atoms with Crippen LogP contribution in [0.2, 0.25) is 0 Å². The molecule has 3 rings (SSSR count). The Hall–Kier alpha value is -2.42. The highest BCUT2D eigenvalue weighted by Crippen LogP contribution is 2.13. The minimum atomic E-state index is -1.12. The van der Waals surface area contributed by atoms with Crippen LogP contribution < -0.4 is 10.9 Å². The predicted octanol–water partition coefficient (Wildman–Crippen LogP) is 1.22. The topological polar surface area (TPSA) is 104 Å². The van der Waals surface area contributed by atoms with E-state index in [9.17, 15) is 19.5 Å². The lowest BCUT2D eigenvalue weighted by atomic mass is 10.2. The maximum atomic E-state index is 12.1. The second-order valence-electron chi connectivity index (χ2n) is 5.63. The first-order valence-electron chi connectivity index (χ1n) is 7.37. The molecule has 9 heteroatoms. The van der Waals surface area contributed by atoms with Crippen LogP contribution in [0.1, 0.15) is 18.5 Å². The van der Waals surface area contributed by atoms with E-state index in [0.29, 0.717) is 24.2 Å². The normalized spacial score (nSPS) is 17.0. The summed E-state index contributed by atoms with van der Waals surface area (Å²) in [5.41, 5.74) is 0.526. The van der Waals surface area contributed by atoms with Crippen molar-refractivity contribution in [2.75, 3.05) is 6.54 Å². The lowest BCUT2D eigenvalue weighted by molar-refractivity contribution is -0.119. The monoisotopic (exact) mass is 394 g/mol. The summed E-state index contributed by atoms with van der Waals surface area (Å²) in [7, 11) is 0. The Labute approximate surface area is 145 Å². The van der Waals surface area contributed by atoms with Crippen molar-refractivity contribution >= 4 is 33.6 Å². The van der Waals surface area contributed by atoms with Crippen LogP contribution in [-0.2, 0) is 11.3 Å². The largest absolute Gasteiger partial charge is 0.465 e. The molecule has 0 radical (unpaired) electrons. The van der Waals surface area contributed by atoms with Crippen molar-refractivity contribution < 1.29 is 14.7 Å². The second-order valence-corrected chi connectivity index (χ2v) is 6.54. The molecular weight excluding hydrogens is 380 g/mol. The minimum absolute atomic E-state index is 0.0139. The number of halogens is 1. The first-order chi connectivity index (χ1) is 11.4. The smallest absolute Gasteiger partial charge is 0.407 e. The third kappa shape index (κ3) is 3.56. The Bertz CT molecular complexity index is 866. The highest BCUT2D eigenvalue weighted by molar-refractivity contribution is 9.10. The Balaban J connectivity index is 1.84. The van der Waals surface area contributed by atoms with Crippen LogP contribution in [0.4, 0.5) is 4.79 Å². The fraction of sp³-hybridized carbons (Fsp3) is 0.333. The molecule has 2 aromatic heterocycles. The fourth-order valence-corrected chi connectivity index (χ4v) is 3.02. The average molecular weight is 395 g/mol. The highest BCUT2D eigenvalue weighted by Gasteiger charge is 2.25. The fourth-order valence-electron chi connectivity index (χ4n) is 2.69.